The first-order valence-corrected chi connectivity index (χ1v) is 12.8. The summed E-state index contributed by atoms with van der Waals surface area (Å²) in [7, 11) is 0. The molecule has 0 aliphatic rings. The molecule has 186 valence electrons. The Hall–Kier alpha value is -3.92. The highest BCUT2D eigenvalue weighted by atomic mass is 15.2. The predicted molar refractivity (Wildman–Crippen MR) is 158 cm³/mol. The first-order valence-electron chi connectivity index (χ1n) is 12.8. The smallest absolute Gasteiger partial charge is 0.0449 e. The van der Waals surface area contributed by atoms with Crippen LogP contribution in [0.1, 0.15) is 25.0 Å². The van der Waals surface area contributed by atoms with Gasteiger partial charge in [-0.05, 0) is 86.3 Å². The van der Waals surface area contributed by atoms with Crippen molar-refractivity contribution < 1.29 is 0 Å². The van der Waals surface area contributed by atoms with Crippen LogP contribution in [0.25, 0.3) is 22.3 Å². The number of rotatable bonds is 9. The lowest BCUT2D eigenvalue weighted by molar-refractivity contribution is 0.754. The number of benzene rings is 4. The van der Waals surface area contributed by atoms with Crippen molar-refractivity contribution in [2.45, 2.75) is 27.7 Å². The van der Waals surface area contributed by atoms with E-state index in [9.17, 15) is 0 Å². The third kappa shape index (κ3) is 5.33. The van der Waals surface area contributed by atoms with Gasteiger partial charge < -0.3 is 21.3 Å². The van der Waals surface area contributed by atoms with Crippen molar-refractivity contribution in [2.24, 2.45) is 0 Å². The molecule has 4 heteroatoms. The van der Waals surface area contributed by atoms with Gasteiger partial charge in [-0.1, -0.05) is 48.5 Å². The van der Waals surface area contributed by atoms with Crippen LogP contribution in [0, 0.1) is 13.8 Å². The summed E-state index contributed by atoms with van der Waals surface area (Å²) in [5.74, 6) is 0. The van der Waals surface area contributed by atoms with Crippen LogP contribution in [0.4, 0.5) is 22.7 Å². The highest BCUT2D eigenvalue weighted by molar-refractivity contribution is 5.83. The average molecular weight is 479 g/mol. The predicted octanol–water partition coefficient (Wildman–Crippen LogP) is 7.15. The molecule has 0 aromatic heterocycles. The minimum atomic E-state index is 0.787. The Morgan fingerprint density at radius 2 is 0.889 bits per heavy atom. The van der Waals surface area contributed by atoms with E-state index in [0.717, 1.165) is 37.6 Å². The molecule has 0 aliphatic heterocycles. The summed E-state index contributed by atoms with van der Waals surface area (Å²) in [6.45, 7) is 12.6. The van der Waals surface area contributed by atoms with Crippen molar-refractivity contribution in [2.75, 3.05) is 47.4 Å². The summed E-state index contributed by atoms with van der Waals surface area (Å²) in [6.07, 6.45) is 0. The molecule has 0 saturated heterocycles. The van der Waals surface area contributed by atoms with Crippen molar-refractivity contribution in [3.05, 3.63) is 96.1 Å². The van der Waals surface area contributed by atoms with E-state index in [2.05, 4.69) is 98.2 Å². The van der Waals surface area contributed by atoms with Crippen LogP contribution in [0.15, 0.2) is 84.9 Å². The molecular formula is C32H38N4. The number of likely N-dealkylation sites (N-methyl/N-ethyl adjacent to an activating group) is 2. The monoisotopic (exact) mass is 478 g/mol. The summed E-state index contributed by atoms with van der Waals surface area (Å²) < 4.78 is 0. The highest BCUT2D eigenvalue weighted by Gasteiger charge is 2.17. The molecule has 4 aromatic rings. The van der Waals surface area contributed by atoms with E-state index in [4.69, 9.17) is 11.5 Å². The van der Waals surface area contributed by atoms with Gasteiger partial charge in [0.05, 0.1) is 0 Å². The van der Waals surface area contributed by atoms with E-state index in [1.165, 1.54) is 44.8 Å². The van der Waals surface area contributed by atoms with Crippen LogP contribution >= 0.6 is 0 Å². The van der Waals surface area contributed by atoms with Crippen LogP contribution in [0.2, 0.25) is 0 Å². The van der Waals surface area contributed by atoms with Gasteiger partial charge in [0.15, 0.2) is 0 Å². The number of hydrogen-bond donors (Lipinski definition) is 2. The molecule has 0 fully saturated rings. The Morgan fingerprint density at radius 1 is 0.528 bits per heavy atom. The molecule has 4 aromatic carbocycles. The van der Waals surface area contributed by atoms with Crippen molar-refractivity contribution in [1.82, 2.24) is 0 Å². The van der Waals surface area contributed by atoms with Crippen molar-refractivity contribution in [3.8, 4) is 22.3 Å². The Morgan fingerprint density at radius 3 is 1.22 bits per heavy atom. The molecule has 0 aliphatic carbocycles. The Balaban J connectivity index is 1.64. The number of hydrogen-bond acceptors (Lipinski definition) is 4. The Kier molecular flexibility index (Phi) is 7.84. The van der Waals surface area contributed by atoms with Gasteiger partial charge in [0, 0.05) is 60.1 Å². The van der Waals surface area contributed by atoms with E-state index < -0.39 is 0 Å². The van der Waals surface area contributed by atoms with Crippen LogP contribution in [0.3, 0.4) is 0 Å². The van der Waals surface area contributed by atoms with Gasteiger partial charge in [-0.25, -0.2) is 0 Å². The zero-order valence-electron chi connectivity index (χ0n) is 22.0. The van der Waals surface area contributed by atoms with E-state index in [-0.39, 0.29) is 0 Å². The summed E-state index contributed by atoms with van der Waals surface area (Å²) >= 11 is 0. The van der Waals surface area contributed by atoms with Gasteiger partial charge in [0.25, 0.3) is 0 Å². The van der Waals surface area contributed by atoms with Gasteiger partial charge in [-0.15, -0.1) is 0 Å². The first-order chi connectivity index (χ1) is 17.4. The molecule has 0 amide bonds. The number of nitrogens with zero attached hydrogens (tertiary/aromatic N) is 2. The topological polar surface area (TPSA) is 58.5 Å². The van der Waals surface area contributed by atoms with E-state index >= 15 is 0 Å². The fraction of sp³-hybridized carbons (Fsp3) is 0.250. The van der Waals surface area contributed by atoms with Crippen LogP contribution in [0.5, 0.6) is 0 Å². The molecule has 4 N–H and O–H groups in total. The summed E-state index contributed by atoms with van der Waals surface area (Å²) in [5.41, 5.74) is 23.5. The lowest BCUT2D eigenvalue weighted by atomic mass is 9.97. The molecule has 0 heterocycles. The molecule has 36 heavy (non-hydrogen) atoms. The van der Waals surface area contributed by atoms with Gasteiger partial charge in [0.2, 0.25) is 0 Å². The lowest BCUT2D eigenvalue weighted by Gasteiger charge is -2.32. The zero-order chi connectivity index (χ0) is 25.7. The van der Waals surface area contributed by atoms with Crippen molar-refractivity contribution in [1.29, 1.82) is 0 Å². The summed E-state index contributed by atoms with van der Waals surface area (Å²) in [4.78, 5) is 4.97. The number of nitrogen functional groups attached to an aromatic ring is 2. The average Bonchev–Trinajstić information content (AvgIpc) is 2.88. The highest BCUT2D eigenvalue weighted by Crippen LogP contribution is 2.36. The van der Waals surface area contributed by atoms with Gasteiger partial charge in [0.1, 0.15) is 0 Å². The molecular weight excluding hydrogens is 440 g/mol. The fourth-order valence-electron chi connectivity index (χ4n) is 5.02. The van der Waals surface area contributed by atoms with Crippen LogP contribution in [-0.4, -0.2) is 26.2 Å². The maximum atomic E-state index is 5.97. The SMILES string of the molecule is CCN(CCN(CC)c1cccc(C)c1-c1ccc(N)cc1)c1cccc(C)c1-c1ccc(N)cc1. The van der Waals surface area contributed by atoms with E-state index in [0.29, 0.717) is 0 Å². The third-order valence-corrected chi connectivity index (χ3v) is 6.98. The second-order valence-electron chi connectivity index (χ2n) is 9.34. The van der Waals surface area contributed by atoms with E-state index in [1.807, 2.05) is 24.3 Å². The number of anilines is 4. The molecule has 0 saturated carbocycles. The second kappa shape index (κ2) is 11.2. The largest absolute Gasteiger partial charge is 0.399 e. The Labute approximate surface area is 216 Å². The maximum absolute atomic E-state index is 5.97. The van der Waals surface area contributed by atoms with E-state index in [1.54, 1.807) is 0 Å². The molecule has 0 radical (unpaired) electrons. The molecule has 4 rings (SSSR count). The Bertz CT molecular complexity index is 1190. The minimum Gasteiger partial charge on any atom is -0.399 e. The van der Waals surface area contributed by atoms with Gasteiger partial charge in [-0.3, -0.25) is 0 Å². The zero-order valence-corrected chi connectivity index (χ0v) is 22.0. The molecule has 0 unspecified atom stereocenters. The van der Waals surface area contributed by atoms with Gasteiger partial charge >= 0.3 is 0 Å². The molecule has 0 bridgehead atoms. The lowest BCUT2D eigenvalue weighted by Crippen LogP contribution is -2.35. The quantitative estimate of drug-likeness (QED) is 0.251. The van der Waals surface area contributed by atoms with Crippen molar-refractivity contribution >= 4 is 22.7 Å². The summed E-state index contributed by atoms with van der Waals surface area (Å²) in [6, 6.07) is 29.6. The molecule has 0 spiro atoms. The third-order valence-electron chi connectivity index (χ3n) is 6.98. The minimum absolute atomic E-state index is 0.787. The number of nitrogens with two attached hydrogens (primary N) is 2. The maximum Gasteiger partial charge on any atom is 0.0449 e. The molecule has 0 atom stereocenters. The van der Waals surface area contributed by atoms with Crippen LogP contribution in [-0.2, 0) is 0 Å². The first kappa shape index (κ1) is 25.2. The van der Waals surface area contributed by atoms with Crippen LogP contribution < -0.4 is 21.3 Å². The normalized spacial score (nSPS) is 10.9. The number of aryl methyl sites for hydroxylation is 2. The fourth-order valence-corrected chi connectivity index (χ4v) is 5.02. The van der Waals surface area contributed by atoms with Crippen molar-refractivity contribution in [3.63, 3.8) is 0 Å². The van der Waals surface area contributed by atoms with Gasteiger partial charge in [-0.2, -0.15) is 0 Å². The summed E-state index contributed by atoms with van der Waals surface area (Å²) in [5, 5.41) is 0. The standard InChI is InChI=1S/C32H38N4/c1-5-35(29-11-7-9-23(3)31(29)25-13-17-27(33)18-14-25)21-22-36(6-2)30-12-8-10-24(4)32(30)26-15-19-28(34)20-16-26/h7-20H,5-6,21-22,33-34H2,1-4H3. The second-order valence-corrected chi connectivity index (χ2v) is 9.34. The molecule has 4 nitrogen and oxygen atoms in total.